The van der Waals surface area contributed by atoms with Gasteiger partial charge in [0.15, 0.2) is 0 Å². The van der Waals surface area contributed by atoms with Crippen molar-refractivity contribution in [1.29, 1.82) is 5.26 Å². The van der Waals surface area contributed by atoms with Gasteiger partial charge in [-0.15, -0.1) is 5.26 Å². The van der Waals surface area contributed by atoms with Crippen LogP contribution in [0.4, 0.5) is 0 Å². The molecule has 0 spiro atoms. The zero-order chi connectivity index (χ0) is 6.53. The Labute approximate surface area is 55.3 Å². The molecular formula is C3H2N4OS. The number of nitriles is 1. The molecule has 0 saturated carbocycles. The fourth-order valence-corrected chi connectivity index (χ4v) is 0.589. The predicted octanol–water partition coefficient (Wildman–Crippen LogP) is 0.309. The predicted molar refractivity (Wildman–Crippen MR) is 28.9 cm³/mol. The van der Waals surface area contributed by atoms with Crippen molar-refractivity contribution in [3.05, 3.63) is 6.33 Å². The topological polar surface area (TPSA) is 74.6 Å². The van der Waals surface area contributed by atoms with Crippen molar-refractivity contribution in [2.75, 3.05) is 0 Å². The van der Waals surface area contributed by atoms with Gasteiger partial charge in [-0.05, 0) is 0 Å². The Morgan fingerprint density at radius 1 is 1.89 bits per heavy atom. The average Bonchev–Trinajstić information content (AvgIpc) is 2.34. The third kappa shape index (κ3) is 1.62. The number of nitrogens with zero attached hydrogens (tertiary/aromatic N) is 3. The summed E-state index contributed by atoms with van der Waals surface area (Å²) in [6.45, 7) is 0. The molecule has 0 unspecified atom stereocenters. The van der Waals surface area contributed by atoms with Gasteiger partial charge >= 0.3 is 0 Å². The molecule has 1 heterocycles. The Hall–Kier alpha value is -1.22. The fourth-order valence-electron chi connectivity index (χ4n) is 0.293. The number of rotatable bonds is 2. The molecule has 0 atom stereocenters. The molecule has 0 aliphatic carbocycles. The maximum absolute atomic E-state index is 7.91. The molecule has 0 aliphatic heterocycles. The molecule has 1 rings (SSSR count). The molecule has 0 fully saturated rings. The van der Waals surface area contributed by atoms with Gasteiger partial charge in [-0.3, -0.25) is 5.10 Å². The first-order valence-electron chi connectivity index (χ1n) is 2.01. The van der Waals surface area contributed by atoms with E-state index in [-0.39, 0.29) is 0 Å². The van der Waals surface area contributed by atoms with Gasteiger partial charge in [0.1, 0.15) is 18.4 Å². The minimum Gasteiger partial charge on any atom is -0.344 e. The van der Waals surface area contributed by atoms with Gasteiger partial charge in [-0.25, -0.2) is 4.98 Å². The van der Waals surface area contributed by atoms with Crippen LogP contribution in [0.2, 0.25) is 0 Å². The normalized spacial score (nSPS) is 8.33. The van der Waals surface area contributed by atoms with Crippen molar-refractivity contribution in [2.45, 2.75) is 5.16 Å². The second-order valence-electron chi connectivity index (χ2n) is 1.05. The molecule has 0 bridgehead atoms. The van der Waals surface area contributed by atoms with Gasteiger partial charge < -0.3 is 4.18 Å². The highest BCUT2D eigenvalue weighted by atomic mass is 32.2. The molecular weight excluding hydrogens is 140 g/mol. The van der Waals surface area contributed by atoms with E-state index in [0.29, 0.717) is 5.16 Å². The van der Waals surface area contributed by atoms with Gasteiger partial charge in [0, 0.05) is 0 Å². The SMILES string of the molecule is N#COSc1ncn[nH]1. The van der Waals surface area contributed by atoms with E-state index in [4.69, 9.17) is 5.26 Å². The summed E-state index contributed by atoms with van der Waals surface area (Å²) < 4.78 is 4.27. The van der Waals surface area contributed by atoms with Crippen LogP contribution >= 0.6 is 12.0 Å². The molecule has 1 aromatic rings. The van der Waals surface area contributed by atoms with Gasteiger partial charge in [-0.2, -0.15) is 5.10 Å². The van der Waals surface area contributed by atoms with Crippen LogP contribution in [-0.4, -0.2) is 15.2 Å². The molecule has 0 radical (unpaired) electrons. The van der Waals surface area contributed by atoms with E-state index in [1.807, 2.05) is 0 Å². The van der Waals surface area contributed by atoms with Crippen molar-refractivity contribution in [2.24, 2.45) is 0 Å². The molecule has 0 saturated heterocycles. The van der Waals surface area contributed by atoms with Crippen LogP contribution in [0.5, 0.6) is 0 Å². The molecule has 9 heavy (non-hydrogen) atoms. The Morgan fingerprint density at radius 2 is 2.78 bits per heavy atom. The van der Waals surface area contributed by atoms with E-state index in [0.717, 1.165) is 12.0 Å². The van der Waals surface area contributed by atoms with Crippen LogP contribution in [0.1, 0.15) is 0 Å². The highest BCUT2D eigenvalue weighted by molar-refractivity contribution is 7.94. The first-order valence-corrected chi connectivity index (χ1v) is 2.75. The van der Waals surface area contributed by atoms with Crippen LogP contribution in [0.15, 0.2) is 11.5 Å². The van der Waals surface area contributed by atoms with Crippen LogP contribution in [-0.2, 0) is 4.18 Å². The number of hydrogen-bond donors (Lipinski definition) is 1. The van der Waals surface area contributed by atoms with E-state index >= 15 is 0 Å². The quantitative estimate of drug-likeness (QED) is 0.475. The zero-order valence-electron chi connectivity index (χ0n) is 4.24. The van der Waals surface area contributed by atoms with Gasteiger partial charge in [0.2, 0.25) is 5.16 Å². The summed E-state index contributed by atoms with van der Waals surface area (Å²) in [5, 5.41) is 14.4. The minimum absolute atomic E-state index is 0.469. The summed E-state index contributed by atoms with van der Waals surface area (Å²) >= 11 is 0.837. The van der Waals surface area contributed by atoms with E-state index < -0.39 is 0 Å². The third-order valence-corrected chi connectivity index (χ3v) is 1.06. The van der Waals surface area contributed by atoms with Crippen LogP contribution < -0.4 is 0 Å². The monoisotopic (exact) mass is 142 g/mol. The lowest BCUT2D eigenvalue weighted by atomic mass is 11.3. The third-order valence-electron chi connectivity index (χ3n) is 0.551. The van der Waals surface area contributed by atoms with Crippen LogP contribution in [0.3, 0.4) is 0 Å². The molecule has 0 aliphatic rings. The molecule has 1 aromatic heterocycles. The van der Waals surface area contributed by atoms with Gasteiger partial charge in [0.25, 0.3) is 6.26 Å². The summed E-state index contributed by atoms with van der Waals surface area (Å²) in [6, 6.07) is 0. The Kier molecular flexibility index (Phi) is 1.93. The molecule has 0 aromatic carbocycles. The molecule has 0 amide bonds. The lowest BCUT2D eigenvalue weighted by molar-refractivity contribution is 0.589. The highest BCUT2D eigenvalue weighted by Gasteiger charge is 1.94. The van der Waals surface area contributed by atoms with Gasteiger partial charge in [-0.1, -0.05) is 0 Å². The smallest absolute Gasteiger partial charge is 0.300 e. The summed E-state index contributed by atoms with van der Waals surface area (Å²) in [7, 11) is 0. The van der Waals surface area contributed by atoms with Crippen LogP contribution in [0, 0.1) is 11.5 Å². The molecule has 5 nitrogen and oxygen atoms in total. The summed E-state index contributed by atoms with van der Waals surface area (Å²) in [5.74, 6) is 0. The minimum atomic E-state index is 0.469. The lowest BCUT2D eigenvalue weighted by Gasteiger charge is -1.83. The number of hydrogen-bond acceptors (Lipinski definition) is 5. The number of aromatic nitrogens is 3. The molecule has 46 valence electrons. The summed E-state index contributed by atoms with van der Waals surface area (Å²) in [5.41, 5.74) is 0. The second kappa shape index (κ2) is 2.94. The Balaban J connectivity index is 2.41. The van der Waals surface area contributed by atoms with E-state index in [2.05, 4.69) is 19.4 Å². The van der Waals surface area contributed by atoms with Gasteiger partial charge in [0.05, 0.1) is 0 Å². The summed E-state index contributed by atoms with van der Waals surface area (Å²) in [6.07, 6.45) is 2.82. The maximum atomic E-state index is 7.91. The van der Waals surface area contributed by atoms with E-state index in [1.165, 1.54) is 12.6 Å². The van der Waals surface area contributed by atoms with Crippen molar-refractivity contribution in [3.63, 3.8) is 0 Å². The van der Waals surface area contributed by atoms with Crippen molar-refractivity contribution in [1.82, 2.24) is 15.2 Å². The largest absolute Gasteiger partial charge is 0.344 e. The Bertz CT molecular complexity index is 202. The first-order chi connectivity index (χ1) is 4.43. The molecule has 1 N–H and O–H groups in total. The fraction of sp³-hybridized carbons (Fsp3) is 0. The van der Waals surface area contributed by atoms with Crippen molar-refractivity contribution < 1.29 is 4.18 Å². The second-order valence-corrected chi connectivity index (χ2v) is 1.77. The van der Waals surface area contributed by atoms with Crippen molar-refractivity contribution in [3.8, 4) is 6.26 Å². The summed E-state index contributed by atoms with van der Waals surface area (Å²) in [4.78, 5) is 3.67. The Morgan fingerprint density at radius 3 is 3.33 bits per heavy atom. The standard InChI is InChI=1S/C3H2N4OS/c4-1-8-9-3-5-2-6-7-3/h2H,(H,5,6,7). The lowest BCUT2D eigenvalue weighted by Crippen LogP contribution is -1.73. The van der Waals surface area contributed by atoms with E-state index in [9.17, 15) is 0 Å². The number of nitrogens with one attached hydrogen (secondary N) is 1. The van der Waals surface area contributed by atoms with E-state index in [1.54, 1.807) is 0 Å². The van der Waals surface area contributed by atoms with Crippen molar-refractivity contribution >= 4 is 12.0 Å². The highest BCUT2D eigenvalue weighted by Crippen LogP contribution is 2.09. The van der Waals surface area contributed by atoms with Crippen LogP contribution in [0.25, 0.3) is 0 Å². The number of H-pyrrole nitrogens is 1. The molecule has 6 heteroatoms. The number of aromatic amines is 1. The zero-order valence-corrected chi connectivity index (χ0v) is 5.05. The average molecular weight is 142 g/mol. The maximum Gasteiger partial charge on any atom is 0.300 e. The first kappa shape index (κ1) is 5.91.